The van der Waals surface area contributed by atoms with Crippen LogP contribution in [0.15, 0.2) is 30.3 Å². The SMILES string of the molecule is CNc1nc(-c2ccc(OC)cc2)c(/C(C)=C/C(=O)O)s1. The number of carboxylic acid groups (broad SMARTS) is 1. The van der Waals surface area contributed by atoms with Crippen molar-refractivity contribution in [2.45, 2.75) is 6.92 Å². The van der Waals surface area contributed by atoms with Gasteiger partial charge in [-0.2, -0.15) is 0 Å². The molecule has 1 aromatic carbocycles. The molecule has 5 nitrogen and oxygen atoms in total. The van der Waals surface area contributed by atoms with Crippen LogP contribution in [0, 0.1) is 0 Å². The van der Waals surface area contributed by atoms with E-state index in [1.54, 1.807) is 21.1 Å². The first-order valence-corrected chi connectivity index (χ1v) is 7.11. The Labute approximate surface area is 126 Å². The van der Waals surface area contributed by atoms with Crippen molar-refractivity contribution in [2.75, 3.05) is 19.5 Å². The number of aliphatic carboxylic acids is 1. The Morgan fingerprint density at radius 1 is 1.38 bits per heavy atom. The third kappa shape index (κ3) is 3.41. The molecule has 0 unspecified atom stereocenters. The summed E-state index contributed by atoms with van der Waals surface area (Å²) in [5.74, 6) is -0.199. The van der Waals surface area contributed by atoms with Crippen molar-refractivity contribution >= 4 is 28.0 Å². The molecule has 0 amide bonds. The number of carbonyl (C=O) groups is 1. The summed E-state index contributed by atoms with van der Waals surface area (Å²) >= 11 is 1.43. The predicted molar refractivity (Wildman–Crippen MR) is 84.9 cm³/mol. The van der Waals surface area contributed by atoms with Crippen LogP contribution in [-0.4, -0.2) is 30.2 Å². The maximum absolute atomic E-state index is 10.9. The highest BCUT2D eigenvalue weighted by Crippen LogP contribution is 2.36. The maximum atomic E-state index is 10.9. The average molecular weight is 304 g/mol. The number of methoxy groups -OCH3 is 1. The van der Waals surface area contributed by atoms with Gasteiger partial charge in [-0.25, -0.2) is 9.78 Å². The number of hydrogen-bond donors (Lipinski definition) is 2. The zero-order chi connectivity index (χ0) is 15.4. The van der Waals surface area contributed by atoms with E-state index in [1.165, 1.54) is 17.4 Å². The summed E-state index contributed by atoms with van der Waals surface area (Å²) in [4.78, 5) is 16.2. The number of nitrogens with one attached hydrogen (secondary N) is 1. The third-order valence-corrected chi connectivity index (χ3v) is 4.11. The molecular weight excluding hydrogens is 288 g/mol. The number of thiazole rings is 1. The topological polar surface area (TPSA) is 71.5 Å². The minimum Gasteiger partial charge on any atom is -0.497 e. The Kier molecular flexibility index (Phi) is 4.59. The quantitative estimate of drug-likeness (QED) is 0.829. The van der Waals surface area contributed by atoms with Crippen LogP contribution in [0.5, 0.6) is 5.75 Å². The number of nitrogens with zero attached hydrogens (tertiary/aromatic N) is 1. The van der Waals surface area contributed by atoms with Crippen LogP contribution in [0.25, 0.3) is 16.8 Å². The van der Waals surface area contributed by atoms with Gasteiger partial charge in [-0.3, -0.25) is 0 Å². The molecule has 1 aromatic heterocycles. The van der Waals surface area contributed by atoms with Gasteiger partial charge >= 0.3 is 5.97 Å². The van der Waals surface area contributed by atoms with E-state index < -0.39 is 5.97 Å². The van der Waals surface area contributed by atoms with Gasteiger partial charge in [0.05, 0.1) is 17.7 Å². The van der Waals surface area contributed by atoms with Crippen molar-refractivity contribution in [3.05, 3.63) is 35.2 Å². The number of allylic oxidation sites excluding steroid dienone is 1. The number of rotatable bonds is 5. The molecule has 1 heterocycles. The molecule has 0 aliphatic rings. The van der Waals surface area contributed by atoms with Gasteiger partial charge in [0, 0.05) is 18.7 Å². The molecule has 0 aliphatic heterocycles. The number of hydrogen-bond acceptors (Lipinski definition) is 5. The molecule has 0 bridgehead atoms. The second kappa shape index (κ2) is 6.41. The van der Waals surface area contributed by atoms with Crippen LogP contribution in [-0.2, 0) is 4.79 Å². The lowest BCUT2D eigenvalue weighted by molar-refractivity contribution is -0.131. The second-order valence-electron chi connectivity index (χ2n) is 4.34. The first-order chi connectivity index (χ1) is 10.0. The smallest absolute Gasteiger partial charge is 0.328 e. The fraction of sp³-hybridized carbons (Fsp3) is 0.200. The first kappa shape index (κ1) is 15.1. The van der Waals surface area contributed by atoms with Gasteiger partial charge in [-0.1, -0.05) is 11.3 Å². The van der Waals surface area contributed by atoms with Gasteiger partial charge in [0.15, 0.2) is 5.13 Å². The maximum Gasteiger partial charge on any atom is 0.328 e. The molecule has 0 fully saturated rings. The van der Waals surface area contributed by atoms with Crippen LogP contribution >= 0.6 is 11.3 Å². The molecule has 0 atom stereocenters. The Morgan fingerprint density at radius 2 is 2.05 bits per heavy atom. The van der Waals surface area contributed by atoms with Gasteiger partial charge < -0.3 is 15.2 Å². The highest BCUT2D eigenvalue weighted by atomic mass is 32.1. The molecule has 0 aliphatic carbocycles. The van der Waals surface area contributed by atoms with E-state index in [1.807, 2.05) is 24.3 Å². The fourth-order valence-corrected chi connectivity index (χ4v) is 2.80. The summed E-state index contributed by atoms with van der Waals surface area (Å²) in [7, 11) is 3.40. The van der Waals surface area contributed by atoms with Crippen LogP contribution in [0.3, 0.4) is 0 Å². The highest BCUT2D eigenvalue weighted by molar-refractivity contribution is 7.17. The summed E-state index contributed by atoms with van der Waals surface area (Å²) in [5, 5.41) is 12.7. The lowest BCUT2D eigenvalue weighted by Gasteiger charge is -2.04. The van der Waals surface area contributed by atoms with E-state index in [0.717, 1.165) is 27.0 Å². The van der Waals surface area contributed by atoms with E-state index in [0.29, 0.717) is 5.57 Å². The van der Waals surface area contributed by atoms with Gasteiger partial charge in [-0.05, 0) is 36.8 Å². The summed E-state index contributed by atoms with van der Waals surface area (Å²) in [6.45, 7) is 1.77. The van der Waals surface area contributed by atoms with Crippen molar-refractivity contribution in [3.63, 3.8) is 0 Å². The number of anilines is 1. The standard InChI is InChI=1S/C15H16N2O3S/c1-9(8-12(18)19)14-13(17-15(16-2)21-14)10-4-6-11(20-3)7-5-10/h4-8H,1-3H3,(H,16,17)(H,18,19)/b9-8+. The van der Waals surface area contributed by atoms with Gasteiger partial charge in [0.25, 0.3) is 0 Å². The van der Waals surface area contributed by atoms with Crippen LogP contribution in [0.1, 0.15) is 11.8 Å². The lowest BCUT2D eigenvalue weighted by atomic mass is 10.1. The molecule has 6 heteroatoms. The molecule has 2 N–H and O–H groups in total. The fourth-order valence-electron chi connectivity index (χ4n) is 1.89. The van der Waals surface area contributed by atoms with Crippen LogP contribution < -0.4 is 10.1 Å². The first-order valence-electron chi connectivity index (χ1n) is 6.29. The van der Waals surface area contributed by atoms with Crippen molar-refractivity contribution in [1.82, 2.24) is 4.98 Å². The number of carboxylic acids is 1. The molecule has 0 saturated heterocycles. The van der Waals surface area contributed by atoms with Crippen molar-refractivity contribution in [1.29, 1.82) is 0 Å². The monoisotopic (exact) mass is 304 g/mol. The minimum atomic E-state index is -0.965. The van der Waals surface area contributed by atoms with E-state index in [9.17, 15) is 4.79 Å². The van der Waals surface area contributed by atoms with Crippen molar-refractivity contribution in [3.8, 4) is 17.0 Å². The zero-order valence-electron chi connectivity index (χ0n) is 12.0. The third-order valence-electron chi connectivity index (χ3n) is 2.90. The Hall–Kier alpha value is -2.34. The molecule has 0 saturated carbocycles. The van der Waals surface area contributed by atoms with E-state index in [-0.39, 0.29) is 0 Å². The number of ether oxygens (including phenoxy) is 1. The van der Waals surface area contributed by atoms with Crippen molar-refractivity contribution in [2.24, 2.45) is 0 Å². The molecule has 0 spiro atoms. The lowest BCUT2D eigenvalue weighted by Crippen LogP contribution is -1.91. The molecule has 0 radical (unpaired) electrons. The van der Waals surface area contributed by atoms with Crippen LogP contribution in [0.2, 0.25) is 0 Å². The number of aromatic nitrogens is 1. The van der Waals surface area contributed by atoms with E-state index in [2.05, 4.69) is 10.3 Å². The Morgan fingerprint density at radius 3 is 2.57 bits per heavy atom. The molecule has 21 heavy (non-hydrogen) atoms. The van der Waals surface area contributed by atoms with Crippen molar-refractivity contribution < 1.29 is 14.6 Å². The Balaban J connectivity index is 2.51. The predicted octanol–water partition coefficient (Wildman–Crippen LogP) is 3.35. The molecule has 2 aromatic rings. The van der Waals surface area contributed by atoms with Gasteiger partial charge in [0.1, 0.15) is 5.75 Å². The van der Waals surface area contributed by atoms with Gasteiger partial charge in [0.2, 0.25) is 0 Å². The zero-order valence-corrected chi connectivity index (χ0v) is 12.8. The van der Waals surface area contributed by atoms with Crippen LogP contribution in [0.4, 0.5) is 5.13 Å². The van der Waals surface area contributed by atoms with Gasteiger partial charge in [-0.15, -0.1) is 0 Å². The van der Waals surface area contributed by atoms with E-state index in [4.69, 9.17) is 9.84 Å². The summed E-state index contributed by atoms with van der Waals surface area (Å²) < 4.78 is 5.14. The molecular formula is C15H16N2O3S. The minimum absolute atomic E-state index is 0.673. The average Bonchev–Trinajstić information content (AvgIpc) is 2.91. The normalized spacial score (nSPS) is 11.3. The second-order valence-corrected chi connectivity index (χ2v) is 5.34. The molecule has 110 valence electrons. The summed E-state index contributed by atoms with van der Waals surface area (Å²) in [6, 6.07) is 7.53. The largest absolute Gasteiger partial charge is 0.497 e. The Bertz CT molecular complexity index is 675. The highest BCUT2D eigenvalue weighted by Gasteiger charge is 2.15. The number of benzene rings is 1. The van der Waals surface area contributed by atoms with E-state index >= 15 is 0 Å². The molecule has 2 rings (SSSR count). The summed E-state index contributed by atoms with van der Waals surface area (Å²) in [5.41, 5.74) is 2.36. The summed E-state index contributed by atoms with van der Waals surface area (Å²) in [6.07, 6.45) is 1.19.